The summed E-state index contributed by atoms with van der Waals surface area (Å²) in [5, 5.41) is 0.947. The lowest BCUT2D eigenvalue weighted by molar-refractivity contribution is -0.163. The Labute approximate surface area is 184 Å². The minimum atomic E-state index is -0.909. The highest BCUT2D eigenvalue weighted by Gasteiger charge is 2.44. The van der Waals surface area contributed by atoms with Gasteiger partial charge in [-0.3, -0.25) is 14.4 Å². The van der Waals surface area contributed by atoms with Gasteiger partial charge < -0.3 is 18.8 Å². The van der Waals surface area contributed by atoms with Crippen LogP contribution in [0.1, 0.15) is 26.8 Å². The van der Waals surface area contributed by atoms with Gasteiger partial charge >= 0.3 is 17.9 Å². The van der Waals surface area contributed by atoms with Crippen LogP contribution in [0.5, 0.6) is 0 Å². The zero-order valence-corrected chi connectivity index (χ0v) is 18.6. The second-order valence-electron chi connectivity index (χ2n) is 6.36. The van der Waals surface area contributed by atoms with Crippen LogP contribution in [0.2, 0.25) is 5.15 Å². The quantitative estimate of drug-likeness (QED) is 0.190. The van der Waals surface area contributed by atoms with Gasteiger partial charge in [0.25, 0.3) is 0 Å². The van der Waals surface area contributed by atoms with Crippen LogP contribution in [0.3, 0.4) is 0 Å². The van der Waals surface area contributed by atoms with Crippen LogP contribution in [0, 0.1) is 3.57 Å². The Morgan fingerprint density at radius 1 is 1.14 bits per heavy atom. The van der Waals surface area contributed by atoms with Crippen LogP contribution in [0.25, 0.3) is 11.0 Å². The van der Waals surface area contributed by atoms with E-state index < -0.39 is 36.2 Å². The number of nitrogens with zero attached hydrogens (tertiary/aromatic N) is 3. The van der Waals surface area contributed by atoms with E-state index in [1.807, 2.05) is 0 Å². The SMILES string of the molecule is CC(=O)OCC1=C[C@@H](n2cc(I)c3c(Cl)ncnc32)[C@H](OC(C)=O)[C@@H]1OC(C)=O. The second kappa shape index (κ2) is 8.66. The maximum absolute atomic E-state index is 11.8. The van der Waals surface area contributed by atoms with Gasteiger partial charge in [-0.2, -0.15) is 0 Å². The fourth-order valence-corrected chi connectivity index (χ4v) is 4.42. The molecular weight excluding hydrogens is 517 g/mol. The first-order valence-corrected chi connectivity index (χ1v) is 9.99. The number of hydrogen-bond acceptors (Lipinski definition) is 8. The van der Waals surface area contributed by atoms with E-state index >= 15 is 0 Å². The van der Waals surface area contributed by atoms with Crippen LogP contribution in [-0.4, -0.2) is 51.3 Å². The lowest BCUT2D eigenvalue weighted by Gasteiger charge is -2.26. The standard InChI is InChI=1S/C18H17ClIN3O6/c1-8(24)27-6-11-4-13(16(29-10(3)26)15(11)28-9(2)25)23-5-12(20)14-17(19)21-7-22-18(14)23/h4-5,7,13,15-16H,6H2,1-3H3/t13-,15-,16+/m1/s1. The molecule has 0 N–H and O–H groups in total. The molecule has 0 fully saturated rings. The van der Waals surface area contributed by atoms with Crippen molar-refractivity contribution in [3.63, 3.8) is 0 Å². The van der Waals surface area contributed by atoms with Crippen molar-refractivity contribution >= 4 is 63.1 Å². The summed E-state index contributed by atoms with van der Waals surface area (Å²) in [5.74, 6) is -1.59. The topological polar surface area (TPSA) is 110 Å². The highest BCUT2D eigenvalue weighted by Crippen LogP contribution is 2.38. The number of ether oxygens (including phenoxy) is 3. The Hall–Kier alpha value is -2.21. The van der Waals surface area contributed by atoms with E-state index in [4.69, 9.17) is 25.8 Å². The zero-order valence-electron chi connectivity index (χ0n) is 15.7. The molecule has 0 unspecified atom stereocenters. The Bertz CT molecular complexity index is 1020. The molecule has 0 saturated heterocycles. The molecule has 2 aromatic rings. The van der Waals surface area contributed by atoms with Gasteiger partial charge in [-0.05, 0) is 22.6 Å². The summed E-state index contributed by atoms with van der Waals surface area (Å²) >= 11 is 8.33. The fraction of sp³-hybridized carbons (Fsp3) is 0.389. The maximum Gasteiger partial charge on any atom is 0.303 e. The molecular formula is C18H17ClIN3O6. The summed E-state index contributed by atoms with van der Waals surface area (Å²) in [6.07, 6.45) is 3.09. The molecule has 0 amide bonds. The van der Waals surface area contributed by atoms with Crippen molar-refractivity contribution in [3.8, 4) is 0 Å². The zero-order chi connectivity index (χ0) is 21.3. The molecule has 3 atom stereocenters. The van der Waals surface area contributed by atoms with E-state index in [2.05, 4.69) is 32.6 Å². The van der Waals surface area contributed by atoms with Gasteiger partial charge in [0.1, 0.15) is 23.7 Å². The molecule has 0 saturated carbocycles. The van der Waals surface area contributed by atoms with Crippen molar-refractivity contribution in [2.24, 2.45) is 0 Å². The number of carbonyl (C=O) groups excluding carboxylic acids is 3. The summed E-state index contributed by atoms with van der Waals surface area (Å²) in [7, 11) is 0. The molecule has 0 bridgehead atoms. The smallest absolute Gasteiger partial charge is 0.303 e. The molecule has 1 aliphatic carbocycles. The summed E-state index contributed by atoms with van der Waals surface area (Å²) in [4.78, 5) is 43.0. The average Bonchev–Trinajstić information content (AvgIpc) is 3.11. The predicted octanol–water partition coefficient (Wildman–Crippen LogP) is 2.60. The largest absolute Gasteiger partial charge is 0.461 e. The van der Waals surface area contributed by atoms with Crippen molar-refractivity contribution in [3.05, 3.63) is 32.9 Å². The highest BCUT2D eigenvalue weighted by atomic mass is 127. The van der Waals surface area contributed by atoms with Crippen molar-refractivity contribution in [2.75, 3.05) is 6.61 Å². The first-order chi connectivity index (χ1) is 13.7. The molecule has 2 heterocycles. The Morgan fingerprint density at radius 2 is 1.83 bits per heavy atom. The van der Waals surface area contributed by atoms with E-state index in [1.165, 1.54) is 27.1 Å². The fourth-order valence-electron chi connectivity index (χ4n) is 3.23. The van der Waals surface area contributed by atoms with Gasteiger partial charge in [0.2, 0.25) is 0 Å². The van der Waals surface area contributed by atoms with Gasteiger partial charge in [-0.25, -0.2) is 9.97 Å². The van der Waals surface area contributed by atoms with E-state index in [9.17, 15) is 14.4 Å². The van der Waals surface area contributed by atoms with Crippen molar-refractivity contribution in [1.82, 2.24) is 14.5 Å². The van der Waals surface area contributed by atoms with Crippen molar-refractivity contribution in [1.29, 1.82) is 0 Å². The van der Waals surface area contributed by atoms with Gasteiger partial charge in [-0.1, -0.05) is 17.7 Å². The number of rotatable bonds is 5. The van der Waals surface area contributed by atoms with E-state index in [0.29, 0.717) is 21.8 Å². The third-order valence-electron chi connectivity index (χ3n) is 4.26. The summed E-state index contributed by atoms with van der Waals surface area (Å²) in [6.45, 7) is 3.69. The molecule has 1 aliphatic rings. The third-order valence-corrected chi connectivity index (χ3v) is 5.36. The Morgan fingerprint density at radius 3 is 2.45 bits per heavy atom. The number of carbonyl (C=O) groups is 3. The lowest BCUT2D eigenvalue weighted by Crippen LogP contribution is -2.37. The van der Waals surface area contributed by atoms with Crippen LogP contribution >= 0.6 is 34.2 Å². The maximum atomic E-state index is 11.8. The molecule has 29 heavy (non-hydrogen) atoms. The van der Waals surface area contributed by atoms with Gasteiger partial charge in [0.15, 0.2) is 12.2 Å². The van der Waals surface area contributed by atoms with E-state index in [1.54, 1.807) is 16.8 Å². The first kappa shape index (κ1) is 21.5. The van der Waals surface area contributed by atoms with E-state index in [0.717, 1.165) is 3.57 Å². The second-order valence-corrected chi connectivity index (χ2v) is 7.88. The number of aromatic nitrogens is 3. The number of fused-ring (bicyclic) bond motifs is 1. The first-order valence-electron chi connectivity index (χ1n) is 8.54. The van der Waals surface area contributed by atoms with Crippen LogP contribution in [-0.2, 0) is 28.6 Å². The van der Waals surface area contributed by atoms with Crippen molar-refractivity contribution in [2.45, 2.75) is 39.0 Å². The predicted molar refractivity (Wildman–Crippen MR) is 110 cm³/mol. The molecule has 0 aromatic carbocycles. The Kier molecular flexibility index (Phi) is 6.42. The van der Waals surface area contributed by atoms with Gasteiger partial charge in [0, 0.05) is 36.1 Å². The van der Waals surface area contributed by atoms with E-state index in [-0.39, 0.29) is 6.61 Å². The monoisotopic (exact) mass is 533 g/mol. The minimum absolute atomic E-state index is 0.104. The minimum Gasteiger partial charge on any atom is -0.461 e. The summed E-state index contributed by atoms with van der Waals surface area (Å²) in [6, 6.07) is -0.564. The average molecular weight is 534 g/mol. The summed E-state index contributed by atoms with van der Waals surface area (Å²) in [5.41, 5.74) is 1.03. The molecule has 0 aliphatic heterocycles. The normalized spacial score (nSPS) is 21.0. The molecule has 9 nitrogen and oxygen atoms in total. The third kappa shape index (κ3) is 4.53. The number of hydrogen-bond donors (Lipinski definition) is 0. The molecule has 3 rings (SSSR count). The number of esters is 3. The molecule has 154 valence electrons. The van der Waals surface area contributed by atoms with Crippen LogP contribution in [0.4, 0.5) is 0 Å². The molecule has 2 aromatic heterocycles. The molecule has 0 spiro atoms. The van der Waals surface area contributed by atoms with Gasteiger partial charge in [-0.15, -0.1) is 0 Å². The highest BCUT2D eigenvalue weighted by molar-refractivity contribution is 14.1. The Balaban J connectivity index is 2.11. The van der Waals surface area contributed by atoms with Crippen LogP contribution < -0.4 is 0 Å². The molecule has 11 heteroatoms. The van der Waals surface area contributed by atoms with Gasteiger partial charge in [0.05, 0.1) is 11.4 Å². The van der Waals surface area contributed by atoms with Crippen LogP contribution in [0.15, 0.2) is 24.2 Å². The van der Waals surface area contributed by atoms with Crippen molar-refractivity contribution < 1.29 is 28.6 Å². The number of halogens is 2. The lowest BCUT2D eigenvalue weighted by atomic mass is 10.1. The summed E-state index contributed by atoms with van der Waals surface area (Å²) < 4.78 is 18.6. The molecule has 0 radical (unpaired) electrons.